The summed E-state index contributed by atoms with van der Waals surface area (Å²) in [6.07, 6.45) is 25.6. The smallest absolute Gasteiger partial charge is 0.308 e. The Bertz CT molecular complexity index is 449. The quantitative estimate of drug-likeness (QED) is 0.0910. The lowest BCUT2D eigenvalue weighted by molar-refractivity contribution is -0.148. The maximum Gasteiger partial charge on any atom is 0.308 e. The van der Waals surface area contributed by atoms with Gasteiger partial charge in [-0.15, -0.1) is 0 Å². The van der Waals surface area contributed by atoms with Crippen LogP contribution in [0.5, 0.6) is 0 Å². The van der Waals surface area contributed by atoms with Crippen molar-refractivity contribution in [1.29, 1.82) is 0 Å². The molecule has 4 nitrogen and oxygen atoms in total. The molecule has 0 spiro atoms. The first-order chi connectivity index (χ1) is 16.6. The zero-order chi connectivity index (χ0) is 25.1. The zero-order valence-corrected chi connectivity index (χ0v) is 23.2. The maximum absolute atomic E-state index is 12.0. The first kappa shape index (κ1) is 32.9. The van der Waals surface area contributed by atoms with Crippen LogP contribution in [0.2, 0.25) is 0 Å². The van der Waals surface area contributed by atoms with Crippen molar-refractivity contribution in [2.45, 2.75) is 162 Å². The normalized spacial score (nSPS) is 12.0. The summed E-state index contributed by atoms with van der Waals surface area (Å²) in [6, 6.07) is 0. The summed E-state index contributed by atoms with van der Waals surface area (Å²) in [5.74, 6) is 0.0189. The molecule has 4 heteroatoms. The fraction of sp³-hybridized carbons (Fsp3) is 0.933. The molecule has 0 amide bonds. The number of ether oxygens (including phenoxy) is 2. The highest BCUT2D eigenvalue weighted by Crippen LogP contribution is 2.15. The predicted molar refractivity (Wildman–Crippen MR) is 144 cm³/mol. The number of esters is 2. The SMILES string of the molecule is CCCCCCCOC(=O)CCCCCCCCCCCCC(C)C(=O)OCCCCCCC. The van der Waals surface area contributed by atoms with Crippen LogP contribution in [0.15, 0.2) is 0 Å². The van der Waals surface area contributed by atoms with Crippen molar-refractivity contribution in [1.82, 2.24) is 0 Å². The Labute approximate surface area is 212 Å². The van der Waals surface area contributed by atoms with Gasteiger partial charge in [0.25, 0.3) is 0 Å². The van der Waals surface area contributed by atoms with Crippen LogP contribution in [0.3, 0.4) is 0 Å². The highest BCUT2D eigenvalue weighted by atomic mass is 16.5. The van der Waals surface area contributed by atoms with Crippen LogP contribution < -0.4 is 0 Å². The topological polar surface area (TPSA) is 52.6 Å². The Kier molecular flexibility index (Phi) is 25.7. The molecular weight excluding hydrogens is 424 g/mol. The molecule has 34 heavy (non-hydrogen) atoms. The minimum Gasteiger partial charge on any atom is -0.466 e. The summed E-state index contributed by atoms with van der Waals surface area (Å²) < 4.78 is 10.7. The summed E-state index contributed by atoms with van der Waals surface area (Å²) in [5.41, 5.74) is 0. The highest BCUT2D eigenvalue weighted by Gasteiger charge is 2.13. The van der Waals surface area contributed by atoms with Gasteiger partial charge in [0.15, 0.2) is 0 Å². The number of unbranched alkanes of at least 4 members (excludes halogenated alkanes) is 17. The number of hydrogen-bond donors (Lipinski definition) is 0. The first-order valence-electron chi connectivity index (χ1n) is 14.9. The van der Waals surface area contributed by atoms with Crippen LogP contribution >= 0.6 is 0 Å². The summed E-state index contributed by atoms with van der Waals surface area (Å²) in [7, 11) is 0. The molecule has 1 unspecified atom stereocenters. The van der Waals surface area contributed by atoms with Crippen molar-refractivity contribution in [2.24, 2.45) is 5.92 Å². The molecule has 0 saturated heterocycles. The van der Waals surface area contributed by atoms with Crippen molar-refractivity contribution < 1.29 is 19.1 Å². The van der Waals surface area contributed by atoms with Gasteiger partial charge in [0, 0.05) is 6.42 Å². The molecule has 0 aliphatic heterocycles. The van der Waals surface area contributed by atoms with E-state index in [1.54, 1.807) is 0 Å². The Balaban J connectivity index is 3.32. The van der Waals surface area contributed by atoms with Gasteiger partial charge in [-0.25, -0.2) is 0 Å². The van der Waals surface area contributed by atoms with Crippen molar-refractivity contribution in [3.8, 4) is 0 Å². The predicted octanol–water partition coefficient (Wildman–Crippen LogP) is 9.33. The molecule has 0 aromatic heterocycles. The van der Waals surface area contributed by atoms with Gasteiger partial charge in [-0.3, -0.25) is 9.59 Å². The molecule has 202 valence electrons. The third-order valence-electron chi connectivity index (χ3n) is 6.67. The van der Waals surface area contributed by atoms with Crippen molar-refractivity contribution in [2.75, 3.05) is 13.2 Å². The van der Waals surface area contributed by atoms with Crippen molar-refractivity contribution in [3.05, 3.63) is 0 Å². The van der Waals surface area contributed by atoms with E-state index in [0.29, 0.717) is 19.6 Å². The standard InChI is InChI=1S/C30H58O4/c1-4-6-8-18-22-26-33-29(31)25-21-17-15-13-11-10-12-14-16-20-24-28(3)30(32)34-27-23-19-9-7-5-2/h28H,4-27H2,1-3H3. The molecule has 0 heterocycles. The maximum atomic E-state index is 12.0. The lowest BCUT2D eigenvalue weighted by Crippen LogP contribution is -2.15. The van der Waals surface area contributed by atoms with Gasteiger partial charge in [0.2, 0.25) is 0 Å². The minimum absolute atomic E-state index is 0.00818. The van der Waals surface area contributed by atoms with E-state index in [1.165, 1.54) is 96.3 Å². The Morgan fingerprint density at radius 2 is 0.941 bits per heavy atom. The molecule has 0 aliphatic rings. The van der Waals surface area contributed by atoms with Crippen LogP contribution in [-0.4, -0.2) is 25.2 Å². The van der Waals surface area contributed by atoms with Crippen molar-refractivity contribution in [3.63, 3.8) is 0 Å². The number of rotatable bonds is 26. The molecule has 0 rings (SSSR count). The zero-order valence-electron chi connectivity index (χ0n) is 23.2. The summed E-state index contributed by atoms with van der Waals surface area (Å²) in [4.78, 5) is 23.7. The lowest BCUT2D eigenvalue weighted by atomic mass is 10.0. The second kappa shape index (κ2) is 26.5. The summed E-state index contributed by atoms with van der Waals surface area (Å²) in [5, 5.41) is 0. The molecule has 1 atom stereocenters. The van der Waals surface area contributed by atoms with Gasteiger partial charge in [-0.1, -0.05) is 130 Å². The Morgan fingerprint density at radius 1 is 0.529 bits per heavy atom. The highest BCUT2D eigenvalue weighted by molar-refractivity contribution is 5.71. The fourth-order valence-electron chi connectivity index (χ4n) is 4.24. The van der Waals surface area contributed by atoms with E-state index >= 15 is 0 Å². The third-order valence-corrected chi connectivity index (χ3v) is 6.67. The average molecular weight is 483 g/mol. The van der Waals surface area contributed by atoms with Gasteiger partial charge >= 0.3 is 11.9 Å². The largest absolute Gasteiger partial charge is 0.466 e. The van der Waals surface area contributed by atoms with Gasteiger partial charge in [-0.05, 0) is 25.7 Å². The Hall–Kier alpha value is -1.06. The molecule has 0 saturated carbocycles. The molecule has 0 fully saturated rings. The van der Waals surface area contributed by atoms with Gasteiger partial charge < -0.3 is 9.47 Å². The Morgan fingerprint density at radius 3 is 1.47 bits per heavy atom. The molecule has 0 radical (unpaired) electrons. The lowest BCUT2D eigenvalue weighted by Gasteiger charge is -2.11. The van der Waals surface area contributed by atoms with Crippen LogP contribution in [0, 0.1) is 5.92 Å². The monoisotopic (exact) mass is 482 g/mol. The average Bonchev–Trinajstić information content (AvgIpc) is 2.83. The van der Waals surface area contributed by atoms with Gasteiger partial charge in [0.05, 0.1) is 19.1 Å². The van der Waals surface area contributed by atoms with Crippen LogP contribution in [0.4, 0.5) is 0 Å². The van der Waals surface area contributed by atoms with E-state index in [0.717, 1.165) is 38.5 Å². The van der Waals surface area contributed by atoms with E-state index in [4.69, 9.17) is 9.47 Å². The molecule has 0 N–H and O–H groups in total. The van der Waals surface area contributed by atoms with E-state index in [9.17, 15) is 9.59 Å². The first-order valence-corrected chi connectivity index (χ1v) is 14.9. The van der Waals surface area contributed by atoms with E-state index in [2.05, 4.69) is 13.8 Å². The molecule has 0 aliphatic carbocycles. The summed E-state index contributed by atoms with van der Waals surface area (Å²) in [6.45, 7) is 7.63. The second-order valence-electron chi connectivity index (χ2n) is 10.2. The van der Waals surface area contributed by atoms with Crippen LogP contribution in [-0.2, 0) is 19.1 Å². The third kappa shape index (κ3) is 24.1. The molecular formula is C30H58O4. The number of carbonyl (C=O) groups is 2. The molecule has 0 aromatic rings. The molecule has 0 aromatic carbocycles. The van der Waals surface area contributed by atoms with Crippen LogP contribution in [0.25, 0.3) is 0 Å². The van der Waals surface area contributed by atoms with Gasteiger partial charge in [-0.2, -0.15) is 0 Å². The van der Waals surface area contributed by atoms with Crippen LogP contribution in [0.1, 0.15) is 162 Å². The van der Waals surface area contributed by atoms with Gasteiger partial charge in [0.1, 0.15) is 0 Å². The minimum atomic E-state index is -0.0134. The molecule has 0 bridgehead atoms. The fourth-order valence-corrected chi connectivity index (χ4v) is 4.24. The summed E-state index contributed by atoms with van der Waals surface area (Å²) >= 11 is 0. The number of hydrogen-bond acceptors (Lipinski definition) is 4. The van der Waals surface area contributed by atoms with E-state index < -0.39 is 0 Å². The van der Waals surface area contributed by atoms with E-state index in [-0.39, 0.29) is 17.9 Å². The van der Waals surface area contributed by atoms with E-state index in [1.807, 2.05) is 6.92 Å². The second-order valence-corrected chi connectivity index (χ2v) is 10.2. The van der Waals surface area contributed by atoms with Crippen molar-refractivity contribution >= 4 is 11.9 Å². The number of carbonyl (C=O) groups excluding carboxylic acids is 2.